The summed E-state index contributed by atoms with van der Waals surface area (Å²) in [7, 11) is 0. The molecule has 1 unspecified atom stereocenters. The zero-order valence-electron chi connectivity index (χ0n) is 8.43. The lowest BCUT2D eigenvalue weighted by Gasteiger charge is -2.15. The van der Waals surface area contributed by atoms with E-state index in [0.29, 0.717) is 6.04 Å². The number of rotatable bonds is 3. The lowest BCUT2D eigenvalue weighted by molar-refractivity contribution is 0.429. The Morgan fingerprint density at radius 2 is 2.07 bits per heavy atom. The highest BCUT2D eigenvalue weighted by atomic mass is 19.1. The molecule has 0 bridgehead atoms. The molecule has 1 aromatic carbocycles. The lowest BCUT2D eigenvalue weighted by atomic mass is 10.1. The van der Waals surface area contributed by atoms with Crippen molar-refractivity contribution in [3.8, 4) is 5.75 Å². The summed E-state index contributed by atoms with van der Waals surface area (Å²) in [6.07, 6.45) is 2.15. The van der Waals surface area contributed by atoms with Crippen LogP contribution in [0.15, 0.2) is 12.1 Å². The Balaban J connectivity index is 2.24. The second-order valence-corrected chi connectivity index (χ2v) is 3.98. The van der Waals surface area contributed by atoms with E-state index in [1.54, 1.807) is 6.92 Å². The topological polar surface area (TPSA) is 32.3 Å². The van der Waals surface area contributed by atoms with Gasteiger partial charge in [-0.2, -0.15) is 0 Å². The molecule has 0 aromatic heterocycles. The fourth-order valence-electron chi connectivity index (χ4n) is 1.69. The standard InChI is InChI=1S/C11H13F2NO/c1-6(14-8-2-3-8)11-9(13)4-7(12)5-10(11)15/h4-6,8,14-15H,2-3H2,1H3. The van der Waals surface area contributed by atoms with E-state index >= 15 is 0 Å². The Kier molecular flexibility index (Phi) is 2.61. The number of hydrogen-bond donors (Lipinski definition) is 2. The van der Waals surface area contributed by atoms with Gasteiger partial charge in [0.25, 0.3) is 0 Å². The van der Waals surface area contributed by atoms with Gasteiger partial charge in [0.1, 0.15) is 17.4 Å². The average molecular weight is 213 g/mol. The largest absolute Gasteiger partial charge is 0.507 e. The molecule has 1 aliphatic carbocycles. The first kappa shape index (κ1) is 10.4. The van der Waals surface area contributed by atoms with Crippen LogP contribution in [0.4, 0.5) is 8.78 Å². The molecule has 2 rings (SSSR count). The molecule has 1 fully saturated rings. The molecule has 1 aromatic rings. The molecule has 2 nitrogen and oxygen atoms in total. The normalized spacial score (nSPS) is 17.8. The number of phenolic OH excluding ortho intramolecular Hbond substituents is 1. The Morgan fingerprint density at radius 1 is 1.40 bits per heavy atom. The van der Waals surface area contributed by atoms with Crippen molar-refractivity contribution in [3.05, 3.63) is 29.3 Å². The third-order valence-electron chi connectivity index (χ3n) is 2.57. The molecule has 0 radical (unpaired) electrons. The van der Waals surface area contributed by atoms with Crippen LogP contribution in [0.3, 0.4) is 0 Å². The lowest BCUT2D eigenvalue weighted by Crippen LogP contribution is -2.21. The van der Waals surface area contributed by atoms with Gasteiger partial charge in [0.05, 0.1) is 0 Å². The molecule has 0 aliphatic heterocycles. The zero-order valence-corrected chi connectivity index (χ0v) is 8.43. The van der Waals surface area contributed by atoms with Crippen molar-refractivity contribution < 1.29 is 13.9 Å². The fraction of sp³-hybridized carbons (Fsp3) is 0.455. The second kappa shape index (κ2) is 3.77. The van der Waals surface area contributed by atoms with Crippen LogP contribution in [-0.2, 0) is 0 Å². The zero-order chi connectivity index (χ0) is 11.0. The highest BCUT2D eigenvalue weighted by Gasteiger charge is 2.26. The van der Waals surface area contributed by atoms with Crippen LogP contribution < -0.4 is 5.32 Å². The summed E-state index contributed by atoms with van der Waals surface area (Å²) >= 11 is 0. The quantitative estimate of drug-likeness (QED) is 0.808. The molecule has 1 aliphatic rings. The molecule has 15 heavy (non-hydrogen) atoms. The Hall–Kier alpha value is -1.16. The predicted molar refractivity (Wildman–Crippen MR) is 52.6 cm³/mol. The molecule has 4 heteroatoms. The van der Waals surface area contributed by atoms with Crippen LogP contribution in [0.5, 0.6) is 5.75 Å². The van der Waals surface area contributed by atoms with Crippen LogP contribution in [0.25, 0.3) is 0 Å². The van der Waals surface area contributed by atoms with E-state index < -0.39 is 11.6 Å². The first-order chi connectivity index (χ1) is 7.08. The maximum absolute atomic E-state index is 13.4. The van der Waals surface area contributed by atoms with Gasteiger partial charge in [-0.25, -0.2) is 8.78 Å². The van der Waals surface area contributed by atoms with E-state index in [1.165, 1.54) is 0 Å². The number of phenols is 1. The van der Waals surface area contributed by atoms with Crippen LogP contribution in [0.1, 0.15) is 31.4 Å². The van der Waals surface area contributed by atoms with Crippen molar-refractivity contribution in [2.24, 2.45) is 0 Å². The molecule has 0 heterocycles. The minimum Gasteiger partial charge on any atom is -0.507 e. The summed E-state index contributed by atoms with van der Waals surface area (Å²) in [4.78, 5) is 0. The number of hydrogen-bond acceptors (Lipinski definition) is 2. The molecular weight excluding hydrogens is 200 g/mol. The third-order valence-corrected chi connectivity index (χ3v) is 2.57. The number of nitrogens with one attached hydrogen (secondary N) is 1. The minimum atomic E-state index is -0.757. The summed E-state index contributed by atoms with van der Waals surface area (Å²) in [6.45, 7) is 1.76. The molecule has 0 spiro atoms. The molecule has 1 atom stereocenters. The SMILES string of the molecule is CC(NC1CC1)c1c(O)cc(F)cc1F. The van der Waals surface area contributed by atoms with E-state index in [0.717, 1.165) is 25.0 Å². The molecule has 1 saturated carbocycles. The molecule has 0 amide bonds. The van der Waals surface area contributed by atoms with E-state index in [9.17, 15) is 13.9 Å². The van der Waals surface area contributed by atoms with Crippen molar-refractivity contribution in [2.75, 3.05) is 0 Å². The van der Waals surface area contributed by atoms with E-state index in [4.69, 9.17) is 0 Å². The van der Waals surface area contributed by atoms with Crippen LogP contribution >= 0.6 is 0 Å². The minimum absolute atomic E-state index is 0.142. The maximum atomic E-state index is 13.4. The fourth-order valence-corrected chi connectivity index (χ4v) is 1.69. The molecule has 82 valence electrons. The maximum Gasteiger partial charge on any atom is 0.134 e. The molecule has 0 saturated heterocycles. The monoisotopic (exact) mass is 213 g/mol. The van der Waals surface area contributed by atoms with Crippen molar-refractivity contribution in [2.45, 2.75) is 31.8 Å². The molecular formula is C11H13F2NO. The predicted octanol–water partition coefficient (Wildman–Crippen LogP) is 2.48. The summed E-state index contributed by atoms with van der Waals surface area (Å²) in [6, 6.07) is 1.84. The third kappa shape index (κ3) is 2.26. The number of benzene rings is 1. The van der Waals surface area contributed by atoms with E-state index in [-0.39, 0.29) is 17.4 Å². The first-order valence-electron chi connectivity index (χ1n) is 5.02. The van der Waals surface area contributed by atoms with Gasteiger partial charge in [0, 0.05) is 29.8 Å². The molecule has 2 N–H and O–H groups in total. The van der Waals surface area contributed by atoms with E-state index in [1.807, 2.05) is 0 Å². The van der Waals surface area contributed by atoms with Gasteiger partial charge in [-0.1, -0.05) is 0 Å². The summed E-state index contributed by atoms with van der Waals surface area (Å²) < 4.78 is 26.1. The summed E-state index contributed by atoms with van der Waals surface area (Å²) in [5.41, 5.74) is 0.142. The number of aromatic hydroxyl groups is 1. The summed E-state index contributed by atoms with van der Waals surface area (Å²) in [5, 5.41) is 12.6. The van der Waals surface area contributed by atoms with Crippen molar-refractivity contribution in [3.63, 3.8) is 0 Å². The van der Waals surface area contributed by atoms with Crippen LogP contribution in [0.2, 0.25) is 0 Å². The van der Waals surface area contributed by atoms with Gasteiger partial charge < -0.3 is 10.4 Å². The van der Waals surface area contributed by atoms with Gasteiger partial charge in [-0.05, 0) is 19.8 Å². The van der Waals surface area contributed by atoms with Gasteiger partial charge in [0.15, 0.2) is 0 Å². The van der Waals surface area contributed by atoms with Crippen LogP contribution in [-0.4, -0.2) is 11.1 Å². The highest BCUT2D eigenvalue weighted by Crippen LogP contribution is 2.31. The average Bonchev–Trinajstić information content (AvgIpc) is 2.85. The Morgan fingerprint density at radius 3 is 2.60 bits per heavy atom. The second-order valence-electron chi connectivity index (χ2n) is 3.98. The van der Waals surface area contributed by atoms with Crippen molar-refractivity contribution >= 4 is 0 Å². The van der Waals surface area contributed by atoms with Gasteiger partial charge >= 0.3 is 0 Å². The van der Waals surface area contributed by atoms with Crippen molar-refractivity contribution in [1.82, 2.24) is 5.32 Å². The Bertz CT molecular complexity index is 354. The van der Waals surface area contributed by atoms with Gasteiger partial charge in [-0.3, -0.25) is 0 Å². The highest BCUT2D eigenvalue weighted by molar-refractivity contribution is 5.36. The van der Waals surface area contributed by atoms with Gasteiger partial charge in [0.2, 0.25) is 0 Å². The summed E-state index contributed by atoms with van der Waals surface area (Å²) in [5.74, 6) is -1.78. The van der Waals surface area contributed by atoms with Gasteiger partial charge in [-0.15, -0.1) is 0 Å². The smallest absolute Gasteiger partial charge is 0.134 e. The number of halogens is 2. The van der Waals surface area contributed by atoms with E-state index in [2.05, 4.69) is 5.32 Å². The van der Waals surface area contributed by atoms with Crippen LogP contribution in [0, 0.1) is 11.6 Å². The first-order valence-corrected chi connectivity index (χ1v) is 5.02. The van der Waals surface area contributed by atoms with Crippen molar-refractivity contribution in [1.29, 1.82) is 0 Å². The Labute approximate surface area is 86.9 Å².